The molecule has 320 valence electrons. The highest BCUT2D eigenvalue weighted by atomic mass is 31.2. The molecule has 0 rings (SSSR count). The van der Waals surface area contributed by atoms with Crippen molar-refractivity contribution < 1.29 is 32.9 Å². The summed E-state index contributed by atoms with van der Waals surface area (Å²) in [5.41, 5.74) is 0. The normalized spacial score (nSPS) is 15.0. The van der Waals surface area contributed by atoms with Crippen molar-refractivity contribution in [3.05, 3.63) is 60.8 Å². The summed E-state index contributed by atoms with van der Waals surface area (Å²) in [5, 5.41) is 13.8. The van der Waals surface area contributed by atoms with Gasteiger partial charge in [-0.1, -0.05) is 171 Å². The fraction of sp³-hybridized carbons (Fsp3) is 0.761. The number of rotatable bonds is 39. The highest BCUT2D eigenvalue weighted by molar-refractivity contribution is 7.45. The maximum atomic E-state index is 12.8. The van der Waals surface area contributed by atoms with Gasteiger partial charge < -0.3 is 28.8 Å². The number of nitrogens with zero attached hydrogens (tertiary/aromatic N) is 1. The van der Waals surface area contributed by atoms with Gasteiger partial charge >= 0.3 is 0 Å². The van der Waals surface area contributed by atoms with E-state index in [2.05, 4.69) is 67.8 Å². The van der Waals surface area contributed by atoms with E-state index < -0.39 is 20.0 Å². The second kappa shape index (κ2) is 37.8. The van der Waals surface area contributed by atoms with Crippen LogP contribution >= 0.6 is 7.82 Å². The van der Waals surface area contributed by atoms with Crippen molar-refractivity contribution in [3.63, 3.8) is 0 Å². The molecule has 8 nitrogen and oxygen atoms in total. The average molecular weight is 793 g/mol. The van der Waals surface area contributed by atoms with Gasteiger partial charge in [0.05, 0.1) is 39.9 Å². The Labute approximate surface area is 339 Å². The van der Waals surface area contributed by atoms with Gasteiger partial charge in [-0.2, -0.15) is 0 Å². The van der Waals surface area contributed by atoms with Crippen LogP contribution < -0.4 is 10.2 Å². The molecule has 9 heteroatoms. The van der Waals surface area contributed by atoms with E-state index in [1.54, 1.807) is 6.08 Å². The molecule has 0 saturated heterocycles. The minimum Gasteiger partial charge on any atom is -0.756 e. The molecule has 55 heavy (non-hydrogen) atoms. The van der Waals surface area contributed by atoms with Crippen LogP contribution in [0.3, 0.4) is 0 Å². The van der Waals surface area contributed by atoms with Crippen LogP contribution in [0.15, 0.2) is 60.8 Å². The van der Waals surface area contributed by atoms with Gasteiger partial charge in [0.1, 0.15) is 13.2 Å². The number of hydrogen-bond acceptors (Lipinski definition) is 6. The average Bonchev–Trinajstić information content (AvgIpc) is 3.13. The molecule has 0 aliphatic rings. The third-order valence-corrected chi connectivity index (χ3v) is 10.4. The van der Waals surface area contributed by atoms with E-state index in [0.29, 0.717) is 17.4 Å². The number of allylic oxidation sites excluding steroid dienone is 9. The van der Waals surface area contributed by atoms with Crippen LogP contribution in [0.5, 0.6) is 0 Å². The van der Waals surface area contributed by atoms with Crippen LogP contribution in [0.4, 0.5) is 0 Å². The monoisotopic (exact) mass is 793 g/mol. The minimum atomic E-state index is -4.59. The predicted molar refractivity (Wildman–Crippen MR) is 233 cm³/mol. The standard InChI is InChI=1S/C46H85N2O6P/c1-6-8-10-12-14-16-18-20-22-23-24-25-26-28-30-32-34-36-38-40-46(50)47-44(43-54-55(51,52)53-42-41-48(3,4)5)45(49)39-37-35-33-31-29-27-21-19-17-15-13-11-9-7-2/h8,10,14,16,20,22,24-25,37,39,44-45,49H,6-7,9,11-13,15,17-19,21,23,26-36,38,40-43H2,1-5H3,(H-,47,50,51,52)/b10-8-,16-14-,22-20-,25-24-,39-37+. The Morgan fingerprint density at radius 2 is 1.11 bits per heavy atom. The minimum absolute atomic E-state index is 0.00671. The summed E-state index contributed by atoms with van der Waals surface area (Å²) < 4.78 is 23.2. The number of hydrogen-bond donors (Lipinski definition) is 2. The molecule has 0 fully saturated rings. The van der Waals surface area contributed by atoms with Gasteiger partial charge in [-0.15, -0.1) is 0 Å². The topological polar surface area (TPSA) is 108 Å². The molecule has 1 amide bonds. The molecule has 0 heterocycles. The highest BCUT2D eigenvalue weighted by Crippen LogP contribution is 2.38. The number of phosphoric ester groups is 1. The Morgan fingerprint density at radius 1 is 0.655 bits per heavy atom. The van der Waals surface area contributed by atoms with E-state index in [1.165, 1.54) is 77.0 Å². The Hall–Kier alpha value is -1.80. The van der Waals surface area contributed by atoms with Crippen molar-refractivity contribution in [1.82, 2.24) is 5.32 Å². The Balaban J connectivity index is 4.46. The molecule has 0 aromatic heterocycles. The van der Waals surface area contributed by atoms with E-state index in [-0.39, 0.29) is 19.1 Å². The molecule has 0 bridgehead atoms. The number of nitrogens with one attached hydrogen (secondary N) is 1. The van der Waals surface area contributed by atoms with Gasteiger partial charge in [-0.05, 0) is 57.8 Å². The van der Waals surface area contributed by atoms with Gasteiger partial charge in [0.25, 0.3) is 7.82 Å². The number of aliphatic hydroxyl groups is 1. The summed E-state index contributed by atoms with van der Waals surface area (Å²) in [6, 6.07) is -0.895. The fourth-order valence-electron chi connectivity index (χ4n) is 5.97. The molecular formula is C46H85N2O6P. The van der Waals surface area contributed by atoms with Crippen molar-refractivity contribution in [3.8, 4) is 0 Å². The van der Waals surface area contributed by atoms with Crippen LogP contribution in [0.2, 0.25) is 0 Å². The summed E-state index contributed by atoms with van der Waals surface area (Å²) in [6.45, 7) is 4.50. The van der Waals surface area contributed by atoms with Crippen molar-refractivity contribution in [2.45, 2.75) is 187 Å². The largest absolute Gasteiger partial charge is 0.756 e. The highest BCUT2D eigenvalue weighted by Gasteiger charge is 2.23. The number of likely N-dealkylation sites (N-methyl/N-ethyl adjacent to an activating group) is 1. The van der Waals surface area contributed by atoms with Crippen LogP contribution in [-0.2, 0) is 18.4 Å². The zero-order chi connectivity index (χ0) is 40.7. The van der Waals surface area contributed by atoms with E-state index in [1.807, 2.05) is 27.2 Å². The molecule has 2 N–H and O–H groups in total. The van der Waals surface area contributed by atoms with Crippen LogP contribution in [0.1, 0.15) is 174 Å². The Bertz CT molecular complexity index is 1080. The Kier molecular flexibility index (Phi) is 36.5. The summed E-state index contributed by atoms with van der Waals surface area (Å²) in [6.07, 6.45) is 48.3. The number of unbranched alkanes of at least 4 members (excludes halogenated alkanes) is 18. The molecule has 3 unspecified atom stereocenters. The maximum Gasteiger partial charge on any atom is 0.268 e. The zero-order valence-electron chi connectivity index (χ0n) is 36.1. The van der Waals surface area contributed by atoms with E-state index >= 15 is 0 Å². The first kappa shape index (κ1) is 53.2. The quantitative estimate of drug-likeness (QED) is 0.0278. The molecule has 3 atom stereocenters. The van der Waals surface area contributed by atoms with Crippen LogP contribution in [0.25, 0.3) is 0 Å². The van der Waals surface area contributed by atoms with Gasteiger partial charge in [0.2, 0.25) is 5.91 Å². The predicted octanol–water partition coefficient (Wildman–Crippen LogP) is 11.6. The fourth-order valence-corrected chi connectivity index (χ4v) is 6.69. The first-order chi connectivity index (χ1) is 26.5. The zero-order valence-corrected chi connectivity index (χ0v) is 37.0. The van der Waals surface area contributed by atoms with Crippen LogP contribution in [-0.4, -0.2) is 68.5 Å². The lowest BCUT2D eigenvalue weighted by molar-refractivity contribution is -0.870. The molecule has 0 aromatic carbocycles. The lowest BCUT2D eigenvalue weighted by atomic mass is 10.0. The SMILES string of the molecule is CC/C=C\C/C=C\C/C=C\C/C=C\CCCCCCCCC(=O)NC(COP(=O)([O-])OCC[N+](C)(C)C)C(O)/C=C/CCCCCCCCCCCCCC. The van der Waals surface area contributed by atoms with E-state index in [4.69, 9.17) is 9.05 Å². The molecule has 0 saturated carbocycles. The summed E-state index contributed by atoms with van der Waals surface area (Å²) in [4.78, 5) is 25.3. The maximum absolute atomic E-state index is 12.8. The lowest BCUT2D eigenvalue weighted by Gasteiger charge is -2.29. The smallest absolute Gasteiger partial charge is 0.268 e. The van der Waals surface area contributed by atoms with Gasteiger partial charge in [-0.25, -0.2) is 0 Å². The van der Waals surface area contributed by atoms with E-state index in [9.17, 15) is 19.4 Å². The molecule has 0 aliphatic carbocycles. The number of quaternary nitrogens is 1. The van der Waals surface area contributed by atoms with Gasteiger partial charge in [-0.3, -0.25) is 9.36 Å². The first-order valence-electron chi connectivity index (χ1n) is 22.2. The van der Waals surface area contributed by atoms with Crippen molar-refractivity contribution >= 4 is 13.7 Å². The molecule has 0 aromatic rings. The number of amides is 1. The number of carbonyl (C=O) groups is 1. The third kappa shape index (κ3) is 40.2. The van der Waals surface area contributed by atoms with Crippen molar-refractivity contribution in [1.29, 1.82) is 0 Å². The molecule has 0 aliphatic heterocycles. The van der Waals surface area contributed by atoms with Gasteiger partial charge in [0.15, 0.2) is 0 Å². The van der Waals surface area contributed by atoms with E-state index in [0.717, 1.165) is 77.0 Å². The lowest BCUT2D eigenvalue weighted by Crippen LogP contribution is -2.45. The van der Waals surface area contributed by atoms with Crippen LogP contribution in [0, 0.1) is 0 Å². The number of carbonyl (C=O) groups excluding carboxylic acids is 1. The molecule has 0 radical (unpaired) electrons. The third-order valence-electron chi connectivity index (χ3n) is 9.48. The van der Waals surface area contributed by atoms with Crippen molar-refractivity contribution in [2.24, 2.45) is 0 Å². The summed E-state index contributed by atoms with van der Waals surface area (Å²) >= 11 is 0. The second-order valence-electron chi connectivity index (χ2n) is 16.0. The van der Waals surface area contributed by atoms with Gasteiger partial charge in [0, 0.05) is 6.42 Å². The molecular weight excluding hydrogens is 707 g/mol. The number of phosphoric acid groups is 1. The summed E-state index contributed by atoms with van der Waals surface area (Å²) in [5.74, 6) is -0.215. The summed E-state index contributed by atoms with van der Waals surface area (Å²) in [7, 11) is 1.24. The number of aliphatic hydroxyl groups excluding tert-OH is 1. The second-order valence-corrected chi connectivity index (χ2v) is 17.4. The van der Waals surface area contributed by atoms with Crippen molar-refractivity contribution in [2.75, 3.05) is 40.9 Å². The Morgan fingerprint density at radius 3 is 1.62 bits per heavy atom. The first-order valence-corrected chi connectivity index (χ1v) is 23.6. The molecule has 0 spiro atoms.